The quantitative estimate of drug-likeness (QED) is 0.901. The van der Waals surface area contributed by atoms with Crippen LogP contribution in [-0.2, 0) is 6.42 Å². The first kappa shape index (κ1) is 13.0. The predicted molar refractivity (Wildman–Crippen MR) is 81.5 cm³/mol. The molecule has 2 heteroatoms. The standard InChI is InChI=1S/C17H26N2/c18-12-11-15-7-2-4-10-17(15)19-13-5-8-14-6-1-3-9-16(14)19/h2,4,7,10,14,16H,1,3,5-6,8-9,11-13,18H2. The van der Waals surface area contributed by atoms with Crippen LogP contribution in [0.25, 0.3) is 0 Å². The smallest absolute Gasteiger partial charge is 0.0401 e. The number of hydrogen-bond acceptors (Lipinski definition) is 2. The third-order valence-electron chi connectivity index (χ3n) is 4.96. The second-order valence-electron chi connectivity index (χ2n) is 6.11. The molecule has 1 aliphatic carbocycles. The minimum atomic E-state index is 0.749. The Morgan fingerprint density at radius 2 is 1.84 bits per heavy atom. The Morgan fingerprint density at radius 3 is 2.74 bits per heavy atom. The minimum Gasteiger partial charge on any atom is -0.368 e. The predicted octanol–water partition coefficient (Wildman–Crippen LogP) is 3.35. The summed E-state index contributed by atoms with van der Waals surface area (Å²) < 4.78 is 0. The van der Waals surface area contributed by atoms with Crippen LogP contribution < -0.4 is 10.6 Å². The molecule has 0 amide bonds. The molecule has 19 heavy (non-hydrogen) atoms. The van der Waals surface area contributed by atoms with Gasteiger partial charge in [-0.2, -0.15) is 0 Å². The van der Waals surface area contributed by atoms with E-state index in [0.29, 0.717) is 0 Å². The maximum Gasteiger partial charge on any atom is 0.0401 e. The van der Waals surface area contributed by atoms with Gasteiger partial charge >= 0.3 is 0 Å². The van der Waals surface area contributed by atoms with E-state index >= 15 is 0 Å². The van der Waals surface area contributed by atoms with E-state index in [0.717, 1.165) is 24.9 Å². The molecule has 1 aliphatic heterocycles. The van der Waals surface area contributed by atoms with Gasteiger partial charge in [-0.1, -0.05) is 31.0 Å². The van der Waals surface area contributed by atoms with Crippen LogP contribution in [0.2, 0.25) is 0 Å². The van der Waals surface area contributed by atoms with Gasteiger partial charge in [-0.15, -0.1) is 0 Å². The fraction of sp³-hybridized carbons (Fsp3) is 0.647. The molecule has 2 aliphatic rings. The van der Waals surface area contributed by atoms with Crippen molar-refractivity contribution in [3.63, 3.8) is 0 Å². The van der Waals surface area contributed by atoms with Gasteiger partial charge in [-0.3, -0.25) is 0 Å². The van der Waals surface area contributed by atoms with Crippen LogP contribution in [0.5, 0.6) is 0 Å². The summed E-state index contributed by atoms with van der Waals surface area (Å²) in [7, 11) is 0. The number of anilines is 1. The average molecular weight is 258 g/mol. The Morgan fingerprint density at radius 1 is 1.05 bits per heavy atom. The lowest BCUT2D eigenvalue weighted by molar-refractivity contribution is 0.243. The molecule has 104 valence electrons. The molecule has 2 nitrogen and oxygen atoms in total. The lowest BCUT2D eigenvalue weighted by Crippen LogP contribution is -2.47. The van der Waals surface area contributed by atoms with Crippen LogP contribution >= 0.6 is 0 Å². The molecule has 1 aromatic rings. The van der Waals surface area contributed by atoms with Gasteiger partial charge < -0.3 is 10.6 Å². The highest BCUT2D eigenvalue weighted by atomic mass is 15.2. The van der Waals surface area contributed by atoms with E-state index in [1.54, 1.807) is 0 Å². The lowest BCUT2D eigenvalue weighted by Gasteiger charge is -2.46. The van der Waals surface area contributed by atoms with Crippen LogP contribution in [0.4, 0.5) is 5.69 Å². The number of nitrogens with two attached hydrogens (primary N) is 1. The van der Waals surface area contributed by atoms with E-state index in [1.807, 2.05) is 0 Å². The molecule has 2 fully saturated rings. The van der Waals surface area contributed by atoms with E-state index in [2.05, 4.69) is 29.2 Å². The maximum absolute atomic E-state index is 5.77. The highest BCUT2D eigenvalue weighted by molar-refractivity contribution is 5.55. The van der Waals surface area contributed by atoms with Gasteiger partial charge in [-0.05, 0) is 56.2 Å². The number of piperidine rings is 1. The largest absolute Gasteiger partial charge is 0.368 e. The number of benzene rings is 1. The van der Waals surface area contributed by atoms with Crippen LogP contribution in [0, 0.1) is 5.92 Å². The number of para-hydroxylation sites is 1. The van der Waals surface area contributed by atoms with Crippen LogP contribution in [0.15, 0.2) is 24.3 Å². The van der Waals surface area contributed by atoms with Gasteiger partial charge in [0.2, 0.25) is 0 Å². The molecule has 1 saturated carbocycles. The summed E-state index contributed by atoms with van der Waals surface area (Å²) in [4.78, 5) is 2.71. The van der Waals surface area contributed by atoms with Gasteiger partial charge in [0, 0.05) is 18.3 Å². The Bertz CT molecular complexity index is 413. The normalized spacial score (nSPS) is 27.1. The molecular formula is C17H26N2. The summed E-state index contributed by atoms with van der Waals surface area (Å²) in [5.74, 6) is 0.938. The molecule has 0 spiro atoms. The van der Waals surface area contributed by atoms with Gasteiger partial charge in [0.05, 0.1) is 0 Å². The van der Waals surface area contributed by atoms with E-state index in [-0.39, 0.29) is 0 Å². The topological polar surface area (TPSA) is 29.3 Å². The molecule has 1 saturated heterocycles. The summed E-state index contributed by atoms with van der Waals surface area (Å²) in [6, 6.07) is 9.69. The van der Waals surface area contributed by atoms with E-state index in [1.165, 1.54) is 56.3 Å². The molecule has 2 unspecified atom stereocenters. The van der Waals surface area contributed by atoms with E-state index in [9.17, 15) is 0 Å². The van der Waals surface area contributed by atoms with Crippen molar-refractivity contribution >= 4 is 5.69 Å². The average Bonchev–Trinajstić information content (AvgIpc) is 2.48. The SMILES string of the molecule is NCCc1ccccc1N1CCCC2CCCCC21. The molecule has 3 rings (SSSR count). The Labute approximate surface area is 117 Å². The molecule has 0 bridgehead atoms. The van der Waals surface area contributed by atoms with Crippen molar-refractivity contribution in [3.8, 4) is 0 Å². The van der Waals surface area contributed by atoms with Gasteiger partial charge in [0.1, 0.15) is 0 Å². The monoisotopic (exact) mass is 258 g/mol. The maximum atomic E-state index is 5.77. The Hall–Kier alpha value is -1.02. The van der Waals surface area contributed by atoms with E-state index < -0.39 is 0 Å². The summed E-state index contributed by atoms with van der Waals surface area (Å²) >= 11 is 0. The number of hydrogen-bond donors (Lipinski definition) is 1. The third-order valence-corrected chi connectivity index (χ3v) is 4.96. The highest BCUT2D eigenvalue weighted by Gasteiger charge is 2.33. The number of nitrogens with zero attached hydrogens (tertiary/aromatic N) is 1. The van der Waals surface area contributed by atoms with Crippen molar-refractivity contribution in [2.75, 3.05) is 18.0 Å². The zero-order valence-corrected chi connectivity index (χ0v) is 11.9. The summed E-state index contributed by atoms with van der Waals surface area (Å²) in [5.41, 5.74) is 8.68. The van der Waals surface area contributed by atoms with Crippen LogP contribution in [0.1, 0.15) is 44.1 Å². The van der Waals surface area contributed by atoms with Crippen LogP contribution in [-0.4, -0.2) is 19.1 Å². The number of fused-ring (bicyclic) bond motifs is 1. The van der Waals surface area contributed by atoms with Crippen LogP contribution in [0.3, 0.4) is 0 Å². The molecule has 0 radical (unpaired) electrons. The first-order valence-corrected chi connectivity index (χ1v) is 7.95. The van der Waals surface area contributed by atoms with Crippen molar-refractivity contribution in [3.05, 3.63) is 29.8 Å². The van der Waals surface area contributed by atoms with Crippen molar-refractivity contribution in [2.24, 2.45) is 11.7 Å². The molecular weight excluding hydrogens is 232 g/mol. The van der Waals surface area contributed by atoms with Crippen molar-refractivity contribution in [2.45, 2.75) is 51.0 Å². The fourth-order valence-electron chi connectivity index (χ4n) is 4.08. The Kier molecular flexibility index (Phi) is 4.07. The second-order valence-corrected chi connectivity index (χ2v) is 6.11. The summed E-state index contributed by atoms with van der Waals surface area (Å²) in [6.45, 7) is 1.99. The molecule has 0 aromatic heterocycles. The minimum absolute atomic E-state index is 0.749. The highest BCUT2D eigenvalue weighted by Crippen LogP contribution is 2.38. The van der Waals surface area contributed by atoms with E-state index in [4.69, 9.17) is 5.73 Å². The Balaban J connectivity index is 1.87. The zero-order valence-electron chi connectivity index (χ0n) is 11.9. The zero-order chi connectivity index (χ0) is 13.1. The third kappa shape index (κ3) is 2.64. The van der Waals surface area contributed by atoms with Crippen molar-refractivity contribution < 1.29 is 0 Å². The summed E-state index contributed by atoms with van der Waals surface area (Å²) in [5, 5.41) is 0. The van der Waals surface area contributed by atoms with Gasteiger partial charge in [0.25, 0.3) is 0 Å². The van der Waals surface area contributed by atoms with Crippen molar-refractivity contribution in [1.82, 2.24) is 0 Å². The first-order valence-electron chi connectivity index (χ1n) is 7.95. The van der Waals surface area contributed by atoms with Gasteiger partial charge in [-0.25, -0.2) is 0 Å². The second kappa shape index (κ2) is 5.96. The number of rotatable bonds is 3. The molecule has 2 N–H and O–H groups in total. The van der Waals surface area contributed by atoms with Crippen molar-refractivity contribution in [1.29, 1.82) is 0 Å². The lowest BCUT2D eigenvalue weighted by atomic mass is 9.78. The molecule has 1 heterocycles. The first-order chi connectivity index (χ1) is 9.40. The summed E-state index contributed by atoms with van der Waals surface area (Å²) in [6.07, 6.45) is 9.50. The van der Waals surface area contributed by atoms with Gasteiger partial charge in [0.15, 0.2) is 0 Å². The molecule has 2 atom stereocenters. The molecule has 1 aromatic carbocycles. The fourth-order valence-corrected chi connectivity index (χ4v) is 4.08.